The van der Waals surface area contributed by atoms with Crippen LogP contribution in [0.1, 0.15) is 32.3 Å². The Hall–Kier alpha value is -1.44. The normalized spacial score (nSPS) is 24.2. The number of rotatable bonds is 6. The summed E-state index contributed by atoms with van der Waals surface area (Å²) in [5.41, 5.74) is 0.994. The molecule has 0 aliphatic carbocycles. The van der Waals surface area contributed by atoms with Crippen molar-refractivity contribution in [2.45, 2.75) is 51.5 Å². The molecule has 0 saturated carbocycles. The summed E-state index contributed by atoms with van der Waals surface area (Å²) in [6, 6.07) is 9.50. The van der Waals surface area contributed by atoms with Crippen LogP contribution in [0.3, 0.4) is 0 Å². The number of thioether (sulfide) groups is 1. The molecule has 0 bridgehead atoms. The third-order valence-corrected chi connectivity index (χ3v) is 6.32. The molecule has 3 atom stereocenters. The number of carbonyl (C=O) groups is 2. The third-order valence-electron chi connectivity index (χ3n) is 4.82. The van der Waals surface area contributed by atoms with Gasteiger partial charge in [0.15, 0.2) is 6.10 Å². The van der Waals surface area contributed by atoms with Gasteiger partial charge in [0, 0.05) is 12.2 Å². The average molecular weight is 393 g/mol. The molecule has 140 valence electrons. The molecule has 0 radical (unpaired) electrons. The van der Waals surface area contributed by atoms with Crippen molar-refractivity contribution < 1.29 is 14.3 Å². The minimum atomic E-state index is -0.723. The summed E-state index contributed by atoms with van der Waals surface area (Å²) in [6.45, 7) is 4.51. The predicted octanol–water partition coefficient (Wildman–Crippen LogP) is 2.74. The number of carbonyl (C=O) groups excluding carboxylic acids is 2. The van der Waals surface area contributed by atoms with E-state index < -0.39 is 6.10 Å². The minimum absolute atomic E-state index is 0.0325. The fourth-order valence-electron chi connectivity index (χ4n) is 3.30. The van der Waals surface area contributed by atoms with Crippen molar-refractivity contribution in [3.8, 4) is 0 Å². The van der Waals surface area contributed by atoms with Crippen LogP contribution in [0.15, 0.2) is 30.3 Å². The highest BCUT2D eigenvalue weighted by molar-refractivity contribution is 8.23. The van der Waals surface area contributed by atoms with E-state index in [1.54, 1.807) is 4.90 Å². The summed E-state index contributed by atoms with van der Waals surface area (Å²) in [7, 11) is 0. The maximum absolute atomic E-state index is 13.3. The van der Waals surface area contributed by atoms with Gasteiger partial charge in [0.1, 0.15) is 4.32 Å². The standard InChI is InChI=1S/C19H24N2O3S2/c1-12(2)15-11-26-19(25)21(15)18(23)17(14-8-9-16(22)20-14)24-10-13-6-4-3-5-7-13/h3-7,12,14-15,17H,8-11H2,1-2H3,(H,20,22)/t14-,15+,17+/m1/s1. The van der Waals surface area contributed by atoms with E-state index in [0.717, 1.165) is 11.3 Å². The highest BCUT2D eigenvalue weighted by Gasteiger charge is 2.43. The smallest absolute Gasteiger partial charge is 0.259 e. The Morgan fingerprint density at radius 3 is 2.73 bits per heavy atom. The lowest BCUT2D eigenvalue weighted by atomic mass is 10.0. The summed E-state index contributed by atoms with van der Waals surface area (Å²) in [4.78, 5) is 26.7. The lowest BCUT2D eigenvalue weighted by Crippen LogP contribution is -2.53. The van der Waals surface area contributed by atoms with Gasteiger partial charge in [-0.1, -0.05) is 68.2 Å². The topological polar surface area (TPSA) is 58.6 Å². The van der Waals surface area contributed by atoms with Gasteiger partial charge >= 0.3 is 0 Å². The molecule has 2 heterocycles. The fourth-order valence-corrected chi connectivity index (χ4v) is 4.94. The SMILES string of the molecule is CC(C)[C@@H]1CSC(=S)N1C(=O)[C@@H](OCc1ccccc1)[C@H]1CCC(=O)N1. The molecule has 1 aromatic carbocycles. The maximum atomic E-state index is 13.3. The van der Waals surface area contributed by atoms with E-state index in [4.69, 9.17) is 17.0 Å². The third kappa shape index (κ3) is 4.27. The molecule has 0 aromatic heterocycles. The van der Waals surface area contributed by atoms with Crippen LogP contribution >= 0.6 is 24.0 Å². The van der Waals surface area contributed by atoms with E-state index in [1.165, 1.54) is 11.8 Å². The number of nitrogens with zero attached hydrogens (tertiary/aromatic N) is 1. The van der Waals surface area contributed by atoms with Crippen molar-refractivity contribution in [1.29, 1.82) is 0 Å². The lowest BCUT2D eigenvalue weighted by molar-refractivity contribution is -0.144. The Bertz CT molecular complexity index is 681. The molecular weight excluding hydrogens is 368 g/mol. The molecule has 0 unspecified atom stereocenters. The van der Waals surface area contributed by atoms with Gasteiger partial charge in [0.25, 0.3) is 5.91 Å². The van der Waals surface area contributed by atoms with Crippen LogP contribution in [0.4, 0.5) is 0 Å². The number of thiocarbonyl (C=S) groups is 1. The summed E-state index contributed by atoms with van der Waals surface area (Å²) in [5, 5.41) is 2.89. The van der Waals surface area contributed by atoms with Gasteiger partial charge in [0.05, 0.1) is 18.7 Å². The Morgan fingerprint density at radius 1 is 1.38 bits per heavy atom. The van der Waals surface area contributed by atoms with Gasteiger partial charge < -0.3 is 10.1 Å². The van der Waals surface area contributed by atoms with E-state index >= 15 is 0 Å². The molecule has 7 heteroatoms. The maximum Gasteiger partial charge on any atom is 0.259 e. The summed E-state index contributed by atoms with van der Waals surface area (Å²) >= 11 is 6.97. The van der Waals surface area contributed by atoms with Gasteiger partial charge in [0.2, 0.25) is 5.91 Å². The first-order valence-electron chi connectivity index (χ1n) is 8.92. The molecule has 0 spiro atoms. The molecule has 3 rings (SSSR count). The van der Waals surface area contributed by atoms with Crippen molar-refractivity contribution >= 4 is 40.1 Å². The molecule has 2 fully saturated rings. The van der Waals surface area contributed by atoms with Gasteiger partial charge in [-0.3, -0.25) is 14.5 Å². The fraction of sp³-hybridized carbons (Fsp3) is 0.526. The Labute approximate surface area is 163 Å². The summed E-state index contributed by atoms with van der Waals surface area (Å²) < 4.78 is 6.64. The Kier molecular flexibility index (Phi) is 6.32. The first-order valence-corrected chi connectivity index (χ1v) is 10.3. The minimum Gasteiger partial charge on any atom is -0.362 e. The molecule has 2 amide bonds. The van der Waals surface area contributed by atoms with Gasteiger partial charge in [-0.2, -0.15) is 0 Å². The molecule has 1 aromatic rings. The number of nitrogens with one attached hydrogen (secondary N) is 1. The monoisotopic (exact) mass is 392 g/mol. The van der Waals surface area contributed by atoms with Crippen LogP contribution in [0.2, 0.25) is 0 Å². The van der Waals surface area contributed by atoms with E-state index in [9.17, 15) is 9.59 Å². The molecule has 1 N–H and O–H groups in total. The van der Waals surface area contributed by atoms with Crippen molar-refractivity contribution in [2.75, 3.05) is 5.75 Å². The molecule has 26 heavy (non-hydrogen) atoms. The number of hydrogen-bond acceptors (Lipinski definition) is 5. The van der Waals surface area contributed by atoms with Crippen LogP contribution in [0, 0.1) is 5.92 Å². The van der Waals surface area contributed by atoms with Crippen molar-refractivity contribution in [3.63, 3.8) is 0 Å². The lowest BCUT2D eigenvalue weighted by Gasteiger charge is -2.32. The Morgan fingerprint density at radius 2 is 2.12 bits per heavy atom. The van der Waals surface area contributed by atoms with Crippen LogP contribution in [-0.4, -0.2) is 45.0 Å². The molecule has 2 saturated heterocycles. The second-order valence-electron chi connectivity index (χ2n) is 7.03. The van der Waals surface area contributed by atoms with Crippen LogP contribution < -0.4 is 5.32 Å². The van der Waals surface area contributed by atoms with E-state index in [1.807, 2.05) is 30.3 Å². The van der Waals surface area contributed by atoms with Gasteiger partial charge in [-0.25, -0.2) is 0 Å². The van der Waals surface area contributed by atoms with E-state index in [2.05, 4.69) is 19.2 Å². The largest absolute Gasteiger partial charge is 0.362 e. The van der Waals surface area contributed by atoms with Crippen LogP contribution in [0.5, 0.6) is 0 Å². The van der Waals surface area contributed by atoms with Crippen molar-refractivity contribution in [3.05, 3.63) is 35.9 Å². The van der Waals surface area contributed by atoms with E-state index in [0.29, 0.717) is 29.7 Å². The molecular formula is C19H24N2O3S2. The number of benzene rings is 1. The zero-order chi connectivity index (χ0) is 18.7. The second kappa shape index (κ2) is 8.50. The first kappa shape index (κ1) is 19.3. The first-order chi connectivity index (χ1) is 12.5. The highest BCUT2D eigenvalue weighted by atomic mass is 32.2. The van der Waals surface area contributed by atoms with Crippen molar-refractivity contribution in [2.24, 2.45) is 5.92 Å². The number of hydrogen-bond donors (Lipinski definition) is 1. The summed E-state index contributed by atoms with van der Waals surface area (Å²) in [5.74, 6) is 0.946. The Balaban J connectivity index is 1.78. The van der Waals surface area contributed by atoms with Gasteiger partial charge in [-0.15, -0.1) is 0 Å². The predicted molar refractivity (Wildman–Crippen MR) is 107 cm³/mol. The number of amides is 2. The average Bonchev–Trinajstić information content (AvgIpc) is 3.22. The van der Waals surface area contributed by atoms with Crippen LogP contribution in [0.25, 0.3) is 0 Å². The molecule has 2 aliphatic heterocycles. The van der Waals surface area contributed by atoms with Crippen molar-refractivity contribution in [1.82, 2.24) is 10.2 Å². The zero-order valence-corrected chi connectivity index (χ0v) is 16.6. The zero-order valence-electron chi connectivity index (χ0n) is 15.0. The van der Waals surface area contributed by atoms with E-state index in [-0.39, 0.29) is 23.9 Å². The quantitative estimate of drug-likeness (QED) is 0.755. The number of ether oxygens (including phenoxy) is 1. The molecule has 5 nitrogen and oxygen atoms in total. The second-order valence-corrected chi connectivity index (χ2v) is 8.68. The van der Waals surface area contributed by atoms with Crippen LogP contribution in [-0.2, 0) is 20.9 Å². The highest BCUT2D eigenvalue weighted by Crippen LogP contribution is 2.31. The summed E-state index contributed by atoms with van der Waals surface area (Å²) in [6.07, 6.45) is 0.305. The molecule has 2 aliphatic rings. The van der Waals surface area contributed by atoms with Gasteiger partial charge in [-0.05, 0) is 17.9 Å².